The van der Waals surface area contributed by atoms with Crippen LogP contribution >= 0.6 is 15.9 Å². The van der Waals surface area contributed by atoms with Gasteiger partial charge in [0.05, 0.1) is 10.5 Å². The van der Waals surface area contributed by atoms with Crippen molar-refractivity contribution in [1.82, 2.24) is 14.2 Å². The average Bonchev–Trinajstić information content (AvgIpc) is 3.08. The highest BCUT2D eigenvalue weighted by atomic mass is 79.9. The van der Waals surface area contributed by atoms with Crippen molar-refractivity contribution in [2.45, 2.75) is 11.8 Å². The topological polar surface area (TPSA) is 90.6 Å². The van der Waals surface area contributed by atoms with E-state index in [1.807, 2.05) is 24.3 Å². The average molecular weight is 490 g/mol. The molecule has 1 amide bonds. The largest absolute Gasteiger partial charge is 0.358 e. The van der Waals surface area contributed by atoms with Crippen molar-refractivity contribution in [1.29, 1.82) is 0 Å². The lowest BCUT2D eigenvalue weighted by Crippen LogP contribution is -2.52. The minimum Gasteiger partial charge on any atom is -0.358 e. The van der Waals surface area contributed by atoms with E-state index in [4.69, 9.17) is 0 Å². The zero-order valence-electron chi connectivity index (χ0n) is 16.3. The molecule has 0 spiro atoms. The number of rotatable bonds is 4. The number of carbonyl (C=O) groups excluding carboxylic acids is 2. The van der Waals surface area contributed by atoms with Crippen LogP contribution in [0.4, 0.5) is 0 Å². The number of Topliss-reactive ketones (excluding diaryl/α,β-unsaturated/α-hetero) is 1. The van der Waals surface area contributed by atoms with Gasteiger partial charge < -0.3 is 9.88 Å². The van der Waals surface area contributed by atoms with Gasteiger partial charge in [0.2, 0.25) is 10.0 Å². The molecule has 0 saturated carbocycles. The van der Waals surface area contributed by atoms with Crippen LogP contribution in [0.3, 0.4) is 0 Å². The van der Waals surface area contributed by atoms with Gasteiger partial charge in [0.15, 0.2) is 0 Å². The second kappa shape index (κ2) is 7.98. The fourth-order valence-corrected chi connectivity index (χ4v) is 5.39. The molecule has 9 heteroatoms. The van der Waals surface area contributed by atoms with Crippen LogP contribution in [0.25, 0.3) is 10.9 Å². The molecule has 1 aromatic heterocycles. The van der Waals surface area contributed by atoms with Crippen LogP contribution in [-0.2, 0) is 14.8 Å². The standard InChI is InChI=1S/C21H20BrN3O4S/c1-14-19(17-4-2-3-5-18(17)23-14)20(26)21(27)24-10-12-25(13-11-24)30(28,29)16-8-6-15(22)7-9-16/h2-9,23H,10-13H2,1H3. The molecule has 2 heterocycles. The maximum atomic E-state index is 12.9. The first-order chi connectivity index (χ1) is 14.3. The van der Waals surface area contributed by atoms with Crippen molar-refractivity contribution in [3.05, 3.63) is 64.3 Å². The number of piperazine rings is 1. The molecule has 1 fully saturated rings. The summed E-state index contributed by atoms with van der Waals surface area (Å²) in [5, 5.41) is 0.713. The van der Waals surface area contributed by atoms with Crippen molar-refractivity contribution in [3.63, 3.8) is 0 Å². The van der Waals surface area contributed by atoms with Gasteiger partial charge in [0, 0.05) is 47.2 Å². The summed E-state index contributed by atoms with van der Waals surface area (Å²) in [4.78, 5) is 30.5. The highest BCUT2D eigenvalue weighted by Gasteiger charge is 2.33. The molecule has 7 nitrogen and oxygen atoms in total. The van der Waals surface area contributed by atoms with E-state index in [0.717, 1.165) is 9.99 Å². The number of halogens is 1. The first-order valence-corrected chi connectivity index (χ1v) is 11.7. The Kier molecular flexibility index (Phi) is 5.52. The molecule has 0 aliphatic carbocycles. The van der Waals surface area contributed by atoms with E-state index >= 15 is 0 Å². The number of amides is 1. The predicted molar refractivity (Wildman–Crippen MR) is 117 cm³/mol. The summed E-state index contributed by atoms with van der Waals surface area (Å²) in [6.07, 6.45) is 0. The van der Waals surface area contributed by atoms with Gasteiger partial charge in [0.25, 0.3) is 11.7 Å². The Morgan fingerprint density at radius 1 is 0.967 bits per heavy atom. The molecule has 1 aliphatic heterocycles. The summed E-state index contributed by atoms with van der Waals surface area (Å²) >= 11 is 3.30. The van der Waals surface area contributed by atoms with Crippen LogP contribution in [0.15, 0.2) is 57.9 Å². The number of nitrogens with one attached hydrogen (secondary N) is 1. The van der Waals surface area contributed by atoms with Crippen LogP contribution in [0, 0.1) is 6.92 Å². The number of aromatic nitrogens is 1. The third kappa shape index (κ3) is 3.68. The number of fused-ring (bicyclic) bond motifs is 1. The lowest BCUT2D eigenvalue weighted by molar-refractivity contribution is -0.127. The van der Waals surface area contributed by atoms with Gasteiger partial charge in [-0.05, 0) is 37.3 Å². The molecule has 2 aromatic carbocycles. The zero-order valence-corrected chi connectivity index (χ0v) is 18.7. The summed E-state index contributed by atoms with van der Waals surface area (Å²) in [5.74, 6) is -1.18. The number of benzene rings is 2. The first kappa shape index (κ1) is 20.8. The minimum atomic E-state index is -3.64. The lowest BCUT2D eigenvalue weighted by Gasteiger charge is -2.33. The van der Waals surface area contributed by atoms with E-state index in [9.17, 15) is 18.0 Å². The minimum absolute atomic E-state index is 0.143. The van der Waals surface area contributed by atoms with Gasteiger partial charge in [-0.15, -0.1) is 0 Å². The molecule has 30 heavy (non-hydrogen) atoms. The maximum Gasteiger partial charge on any atom is 0.295 e. The number of para-hydroxylation sites is 1. The van der Waals surface area contributed by atoms with Gasteiger partial charge in [-0.25, -0.2) is 8.42 Å². The number of hydrogen-bond acceptors (Lipinski definition) is 4. The Morgan fingerprint density at radius 2 is 1.60 bits per heavy atom. The maximum absolute atomic E-state index is 12.9. The van der Waals surface area contributed by atoms with Crippen LogP contribution in [0.5, 0.6) is 0 Å². The second-order valence-electron chi connectivity index (χ2n) is 7.15. The Balaban J connectivity index is 1.48. The number of aromatic amines is 1. The Labute approximate surface area is 182 Å². The zero-order chi connectivity index (χ0) is 21.5. The van der Waals surface area contributed by atoms with E-state index in [1.54, 1.807) is 31.2 Å². The number of nitrogens with zero attached hydrogens (tertiary/aromatic N) is 2. The van der Waals surface area contributed by atoms with E-state index < -0.39 is 21.7 Å². The van der Waals surface area contributed by atoms with Crippen molar-refractivity contribution >= 4 is 48.5 Å². The summed E-state index contributed by atoms with van der Waals surface area (Å²) in [5.41, 5.74) is 1.82. The van der Waals surface area contributed by atoms with Crippen LogP contribution in [0.1, 0.15) is 16.1 Å². The van der Waals surface area contributed by atoms with E-state index in [1.165, 1.54) is 9.21 Å². The number of hydrogen-bond donors (Lipinski definition) is 1. The molecule has 0 bridgehead atoms. The highest BCUT2D eigenvalue weighted by Crippen LogP contribution is 2.24. The van der Waals surface area contributed by atoms with E-state index in [0.29, 0.717) is 16.6 Å². The van der Waals surface area contributed by atoms with Crippen LogP contribution < -0.4 is 0 Å². The van der Waals surface area contributed by atoms with Gasteiger partial charge >= 0.3 is 0 Å². The molecule has 156 valence electrons. The normalized spacial score (nSPS) is 15.5. The summed E-state index contributed by atoms with van der Waals surface area (Å²) in [6.45, 7) is 2.39. The monoisotopic (exact) mass is 489 g/mol. The summed E-state index contributed by atoms with van der Waals surface area (Å²) < 4.78 is 27.8. The Bertz CT molecular complexity index is 1230. The highest BCUT2D eigenvalue weighted by molar-refractivity contribution is 9.10. The van der Waals surface area contributed by atoms with Crippen molar-refractivity contribution in [2.75, 3.05) is 26.2 Å². The van der Waals surface area contributed by atoms with Crippen molar-refractivity contribution < 1.29 is 18.0 Å². The summed E-state index contributed by atoms with van der Waals surface area (Å²) in [6, 6.07) is 13.8. The SMILES string of the molecule is Cc1[nH]c2ccccc2c1C(=O)C(=O)N1CCN(S(=O)(=O)c2ccc(Br)cc2)CC1. The first-order valence-electron chi connectivity index (χ1n) is 9.45. The molecular weight excluding hydrogens is 470 g/mol. The van der Waals surface area contributed by atoms with Crippen LogP contribution in [0.2, 0.25) is 0 Å². The Hall–Kier alpha value is -2.49. The molecule has 1 saturated heterocycles. The quantitative estimate of drug-likeness (QED) is 0.450. The van der Waals surface area contributed by atoms with Crippen molar-refractivity contribution in [3.8, 4) is 0 Å². The summed E-state index contributed by atoms with van der Waals surface area (Å²) in [7, 11) is -3.64. The predicted octanol–water partition coefficient (Wildman–Crippen LogP) is 2.95. The fourth-order valence-electron chi connectivity index (χ4n) is 3.71. The Morgan fingerprint density at radius 3 is 2.27 bits per heavy atom. The molecule has 1 aliphatic rings. The van der Waals surface area contributed by atoms with E-state index in [-0.39, 0.29) is 31.1 Å². The lowest BCUT2D eigenvalue weighted by atomic mass is 10.1. The molecule has 4 rings (SSSR count). The van der Waals surface area contributed by atoms with Gasteiger partial charge in [-0.3, -0.25) is 9.59 Å². The molecular formula is C21H20BrN3O4S. The number of H-pyrrole nitrogens is 1. The fraction of sp³-hybridized carbons (Fsp3) is 0.238. The molecule has 0 radical (unpaired) electrons. The third-order valence-electron chi connectivity index (χ3n) is 5.29. The van der Waals surface area contributed by atoms with Crippen molar-refractivity contribution in [2.24, 2.45) is 0 Å². The number of sulfonamides is 1. The van der Waals surface area contributed by atoms with Gasteiger partial charge in [-0.2, -0.15) is 4.31 Å². The second-order valence-corrected chi connectivity index (χ2v) is 10.0. The van der Waals surface area contributed by atoms with Gasteiger partial charge in [0.1, 0.15) is 0 Å². The van der Waals surface area contributed by atoms with Gasteiger partial charge in [-0.1, -0.05) is 34.1 Å². The van der Waals surface area contributed by atoms with E-state index in [2.05, 4.69) is 20.9 Å². The smallest absolute Gasteiger partial charge is 0.295 e. The molecule has 0 unspecified atom stereocenters. The molecule has 0 atom stereocenters. The van der Waals surface area contributed by atoms with Crippen LogP contribution in [-0.4, -0.2) is 60.5 Å². The number of ketones is 1. The molecule has 3 aromatic rings. The third-order valence-corrected chi connectivity index (χ3v) is 7.73. The molecule has 1 N–H and O–H groups in total. The number of carbonyl (C=O) groups is 2. The number of aryl methyl sites for hydroxylation is 1.